The van der Waals surface area contributed by atoms with Crippen molar-refractivity contribution in [3.8, 4) is 5.75 Å². The molecule has 0 heterocycles. The predicted molar refractivity (Wildman–Crippen MR) is 60.1 cm³/mol. The molecule has 1 aromatic carbocycles. The molecule has 0 N–H and O–H groups in total. The van der Waals surface area contributed by atoms with Crippen LogP contribution in [-0.2, 0) is 4.79 Å². The van der Waals surface area contributed by atoms with E-state index >= 15 is 0 Å². The first-order valence-corrected chi connectivity index (χ1v) is 5.27. The Morgan fingerprint density at radius 3 is 2.57 bits per heavy atom. The molecule has 1 unspecified atom stereocenters. The first kappa shape index (κ1) is 11.2. The van der Waals surface area contributed by atoms with E-state index in [2.05, 4.69) is 15.9 Å². The molecule has 1 rings (SSSR count). The quantitative estimate of drug-likeness (QED) is 0.778. The first-order valence-electron chi connectivity index (χ1n) is 4.35. The van der Waals surface area contributed by atoms with Crippen LogP contribution in [-0.4, -0.2) is 12.9 Å². The highest BCUT2D eigenvalue weighted by atomic mass is 79.9. The van der Waals surface area contributed by atoms with E-state index < -0.39 is 0 Å². The number of ether oxygens (including phenoxy) is 1. The Balaban J connectivity index is 3.02. The topological polar surface area (TPSA) is 26.3 Å². The zero-order chi connectivity index (χ0) is 10.7. The number of ketones is 1. The molecular formula is C11H13BrO2. The van der Waals surface area contributed by atoms with E-state index in [-0.39, 0.29) is 10.6 Å². The summed E-state index contributed by atoms with van der Waals surface area (Å²) in [6.45, 7) is 3.53. The summed E-state index contributed by atoms with van der Waals surface area (Å²) in [4.78, 5) is 10.9. The van der Waals surface area contributed by atoms with Gasteiger partial charge in [-0.05, 0) is 31.0 Å². The number of aryl methyl sites for hydroxylation is 1. The zero-order valence-corrected chi connectivity index (χ0v) is 10.1. The first-order chi connectivity index (χ1) is 6.56. The monoisotopic (exact) mass is 256 g/mol. The lowest BCUT2D eigenvalue weighted by molar-refractivity contribution is -0.116. The molecule has 0 aliphatic heterocycles. The third kappa shape index (κ3) is 2.35. The van der Waals surface area contributed by atoms with Gasteiger partial charge >= 0.3 is 0 Å². The van der Waals surface area contributed by atoms with Gasteiger partial charge in [0.1, 0.15) is 11.5 Å². The fourth-order valence-corrected chi connectivity index (χ4v) is 1.58. The molecule has 0 bridgehead atoms. The Morgan fingerprint density at radius 1 is 1.50 bits per heavy atom. The predicted octanol–water partition coefficient (Wildman–Crippen LogP) is 3.03. The van der Waals surface area contributed by atoms with Crippen LogP contribution in [0.15, 0.2) is 18.2 Å². The summed E-state index contributed by atoms with van der Waals surface area (Å²) in [5.41, 5.74) is 2.01. The smallest absolute Gasteiger partial charge is 0.147 e. The Bertz CT molecular complexity index is 347. The zero-order valence-electron chi connectivity index (χ0n) is 8.50. The molecule has 0 amide bonds. The second-order valence-corrected chi connectivity index (χ2v) is 4.12. The lowest BCUT2D eigenvalue weighted by Gasteiger charge is -2.09. The molecule has 1 atom stereocenters. The largest absolute Gasteiger partial charge is 0.496 e. The van der Waals surface area contributed by atoms with Gasteiger partial charge in [0.15, 0.2) is 0 Å². The van der Waals surface area contributed by atoms with Gasteiger partial charge in [0.2, 0.25) is 0 Å². The van der Waals surface area contributed by atoms with Gasteiger partial charge in [-0.25, -0.2) is 0 Å². The lowest BCUT2D eigenvalue weighted by Crippen LogP contribution is -2.01. The second kappa shape index (κ2) is 4.60. The minimum atomic E-state index is -0.216. The van der Waals surface area contributed by atoms with Crippen molar-refractivity contribution < 1.29 is 9.53 Å². The van der Waals surface area contributed by atoms with Crippen LogP contribution in [0.2, 0.25) is 0 Å². The number of carbonyl (C=O) groups is 1. The van der Waals surface area contributed by atoms with Gasteiger partial charge in [-0.1, -0.05) is 28.1 Å². The average molecular weight is 257 g/mol. The van der Waals surface area contributed by atoms with E-state index in [1.54, 1.807) is 14.0 Å². The van der Waals surface area contributed by atoms with Crippen molar-refractivity contribution in [1.29, 1.82) is 0 Å². The van der Waals surface area contributed by atoms with Crippen molar-refractivity contribution in [2.24, 2.45) is 0 Å². The highest BCUT2D eigenvalue weighted by molar-refractivity contribution is 9.09. The number of alkyl halides is 1. The number of carbonyl (C=O) groups excluding carboxylic acids is 1. The number of benzene rings is 1. The maximum absolute atomic E-state index is 11.1. The number of hydrogen-bond acceptors (Lipinski definition) is 2. The van der Waals surface area contributed by atoms with Crippen molar-refractivity contribution in [2.75, 3.05) is 7.11 Å². The molecule has 2 nitrogen and oxygen atoms in total. The molecular weight excluding hydrogens is 244 g/mol. The molecule has 76 valence electrons. The number of methoxy groups -OCH3 is 1. The van der Waals surface area contributed by atoms with E-state index in [4.69, 9.17) is 4.74 Å². The fourth-order valence-electron chi connectivity index (χ4n) is 1.29. The molecule has 1 aromatic rings. The summed E-state index contributed by atoms with van der Waals surface area (Å²) in [5.74, 6) is 0.951. The lowest BCUT2D eigenvalue weighted by atomic mass is 10.1. The molecule has 3 heteroatoms. The number of rotatable bonds is 3. The molecule has 14 heavy (non-hydrogen) atoms. The van der Waals surface area contributed by atoms with Crippen LogP contribution in [0.3, 0.4) is 0 Å². The van der Waals surface area contributed by atoms with Gasteiger partial charge in [0.25, 0.3) is 0 Å². The Labute approximate surface area is 92.4 Å². The van der Waals surface area contributed by atoms with E-state index in [0.29, 0.717) is 0 Å². The summed E-state index contributed by atoms with van der Waals surface area (Å²) >= 11 is 3.34. The molecule has 0 aliphatic rings. The Hall–Kier alpha value is -0.830. The molecule has 0 fully saturated rings. The van der Waals surface area contributed by atoms with Crippen molar-refractivity contribution in [1.82, 2.24) is 0 Å². The summed E-state index contributed by atoms with van der Waals surface area (Å²) < 4.78 is 5.14. The normalized spacial score (nSPS) is 12.3. The van der Waals surface area contributed by atoms with Crippen molar-refractivity contribution in [2.45, 2.75) is 18.7 Å². The molecule has 0 aliphatic carbocycles. The third-order valence-corrected chi connectivity index (χ3v) is 3.24. The highest BCUT2D eigenvalue weighted by Gasteiger charge is 2.13. The SMILES string of the molecule is COc1ccc(C(Br)C(C)=O)cc1C. The van der Waals surface area contributed by atoms with Gasteiger partial charge in [0, 0.05) is 0 Å². The Morgan fingerprint density at radius 2 is 2.14 bits per heavy atom. The van der Waals surface area contributed by atoms with E-state index in [1.807, 2.05) is 25.1 Å². The van der Waals surface area contributed by atoms with Crippen LogP contribution in [0.1, 0.15) is 22.9 Å². The fraction of sp³-hybridized carbons (Fsp3) is 0.364. The minimum absolute atomic E-state index is 0.106. The Kier molecular flexibility index (Phi) is 3.69. The second-order valence-electron chi connectivity index (χ2n) is 3.20. The van der Waals surface area contributed by atoms with E-state index in [1.165, 1.54) is 0 Å². The summed E-state index contributed by atoms with van der Waals surface area (Å²) in [6.07, 6.45) is 0. The van der Waals surface area contributed by atoms with E-state index in [0.717, 1.165) is 16.9 Å². The van der Waals surface area contributed by atoms with Gasteiger partial charge in [-0.15, -0.1) is 0 Å². The van der Waals surface area contributed by atoms with Crippen LogP contribution in [0.4, 0.5) is 0 Å². The van der Waals surface area contributed by atoms with Crippen molar-refractivity contribution in [3.05, 3.63) is 29.3 Å². The van der Waals surface area contributed by atoms with Crippen LogP contribution in [0, 0.1) is 6.92 Å². The van der Waals surface area contributed by atoms with E-state index in [9.17, 15) is 4.79 Å². The maximum Gasteiger partial charge on any atom is 0.147 e. The minimum Gasteiger partial charge on any atom is -0.496 e. The number of Topliss-reactive ketones (excluding diaryl/α,β-unsaturated/α-hetero) is 1. The van der Waals surface area contributed by atoms with Crippen LogP contribution >= 0.6 is 15.9 Å². The van der Waals surface area contributed by atoms with Crippen molar-refractivity contribution in [3.63, 3.8) is 0 Å². The van der Waals surface area contributed by atoms with Crippen LogP contribution in [0.5, 0.6) is 5.75 Å². The molecule has 0 radical (unpaired) electrons. The van der Waals surface area contributed by atoms with Gasteiger partial charge in [-0.3, -0.25) is 4.79 Å². The molecule has 0 saturated carbocycles. The van der Waals surface area contributed by atoms with Crippen LogP contribution in [0.25, 0.3) is 0 Å². The van der Waals surface area contributed by atoms with Gasteiger partial charge < -0.3 is 4.74 Å². The third-order valence-electron chi connectivity index (χ3n) is 2.07. The highest BCUT2D eigenvalue weighted by Crippen LogP contribution is 2.27. The number of hydrogen-bond donors (Lipinski definition) is 0. The summed E-state index contributed by atoms with van der Waals surface area (Å²) in [5, 5.41) is 0. The average Bonchev–Trinajstić information content (AvgIpc) is 2.16. The molecule has 0 saturated heterocycles. The summed E-state index contributed by atoms with van der Waals surface area (Å²) in [6, 6.07) is 5.73. The van der Waals surface area contributed by atoms with Crippen molar-refractivity contribution >= 4 is 21.7 Å². The number of halogens is 1. The van der Waals surface area contributed by atoms with Gasteiger partial charge in [0.05, 0.1) is 11.9 Å². The maximum atomic E-state index is 11.1. The molecule has 0 spiro atoms. The van der Waals surface area contributed by atoms with Gasteiger partial charge in [-0.2, -0.15) is 0 Å². The summed E-state index contributed by atoms with van der Waals surface area (Å²) in [7, 11) is 1.64. The standard InChI is InChI=1S/C11H13BrO2/c1-7-6-9(11(12)8(2)13)4-5-10(7)14-3/h4-6,11H,1-3H3. The van der Waals surface area contributed by atoms with Crippen LogP contribution < -0.4 is 4.74 Å². The molecule has 0 aromatic heterocycles.